The lowest BCUT2D eigenvalue weighted by atomic mass is 10.1. The fourth-order valence-electron chi connectivity index (χ4n) is 4.14. The maximum atomic E-state index is 12.1. The zero-order chi connectivity index (χ0) is 27.4. The maximum absolute atomic E-state index is 12.1. The van der Waals surface area contributed by atoms with Gasteiger partial charge in [0.25, 0.3) is 5.91 Å². The van der Waals surface area contributed by atoms with E-state index < -0.39 is 26.2 Å². The van der Waals surface area contributed by atoms with Gasteiger partial charge in [-0.25, -0.2) is 26.3 Å². The molecule has 2 saturated heterocycles. The Kier molecular flexibility index (Phi) is 9.08. The second-order valence-electron chi connectivity index (χ2n) is 8.58. The van der Waals surface area contributed by atoms with Crippen LogP contribution in [0.1, 0.15) is 26.2 Å². The number of benzene rings is 2. The van der Waals surface area contributed by atoms with Gasteiger partial charge in [-0.2, -0.15) is 0 Å². The molecule has 4 rings (SSSR count). The summed E-state index contributed by atoms with van der Waals surface area (Å²) in [5, 5.41) is 9.35. The van der Waals surface area contributed by atoms with Crippen molar-refractivity contribution in [1.82, 2.24) is 9.44 Å². The third-order valence-electron chi connectivity index (χ3n) is 6.44. The van der Waals surface area contributed by atoms with Crippen molar-refractivity contribution in [2.24, 2.45) is 5.92 Å². The van der Waals surface area contributed by atoms with Crippen molar-refractivity contribution in [3.05, 3.63) is 48.5 Å². The second kappa shape index (κ2) is 11.7. The highest BCUT2D eigenvalue weighted by atomic mass is 32.2. The summed E-state index contributed by atoms with van der Waals surface area (Å²) in [6, 6.07) is 12.4. The molecule has 3 N–H and O–H groups in total. The quantitative estimate of drug-likeness (QED) is 0.464. The number of aliphatic hydroxyl groups excluding tert-OH is 1. The first kappa shape index (κ1) is 28.7. The van der Waals surface area contributed by atoms with Gasteiger partial charge in [0.1, 0.15) is 6.10 Å². The van der Waals surface area contributed by atoms with Crippen molar-refractivity contribution < 1.29 is 31.5 Å². The molecule has 2 heterocycles. The first-order valence-electron chi connectivity index (χ1n) is 11.8. The average molecular weight is 553 g/mol. The van der Waals surface area contributed by atoms with E-state index in [-0.39, 0.29) is 27.5 Å². The van der Waals surface area contributed by atoms with Crippen molar-refractivity contribution in [3.63, 3.8) is 0 Å². The predicted octanol–water partition coefficient (Wildman–Crippen LogP) is 1.05. The Hall–Kier alpha value is -2.84. The van der Waals surface area contributed by atoms with Gasteiger partial charge in [-0.15, -0.1) is 0 Å². The molecule has 0 radical (unpaired) electrons. The Bertz CT molecular complexity index is 1330. The van der Waals surface area contributed by atoms with Gasteiger partial charge in [0.05, 0.1) is 9.79 Å². The Morgan fingerprint density at radius 2 is 1.16 bits per heavy atom. The molecule has 202 valence electrons. The van der Waals surface area contributed by atoms with E-state index in [9.17, 15) is 31.5 Å². The van der Waals surface area contributed by atoms with Gasteiger partial charge in [0.2, 0.25) is 26.0 Å². The number of anilines is 2. The fraction of sp³-hybridized carbons (Fsp3) is 0.417. The highest BCUT2D eigenvalue weighted by molar-refractivity contribution is 7.89. The Balaban J connectivity index is 0.000000206. The molecule has 13 heteroatoms. The van der Waals surface area contributed by atoms with Crippen molar-refractivity contribution >= 4 is 43.2 Å². The number of nitrogens with zero attached hydrogens (tertiary/aromatic N) is 2. The van der Waals surface area contributed by atoms with Crippen LogP contribution in [0.3, 0.4) is 0 Å². The monoisotopic (exact) mass is 552 g/mol. The predicted molar refractivity (Wildman–Crippen MR) is 139 cm³/mol. The number of nitrogens with one attached hydrogen (secondary N) is 2. The standard InChI is InChI=1S/C13H18N2O3S.C11H14N2O4S/c1-3-10-8-9-15(13(10)16)11-4-6-12(7-5-11)19(17,18)14-2;1-12-18(16,17)9-4-2-8(3-5-9)13-7-6-10(14)11(13)15/h4-7,10,14H,3,8-9H2,1-2H3;2-5,10,12,14H,6-7H2,1H3. The van der Waals surface area contributed by atoms with Crippen LogP contribution < -0.4 is 19.2 Å². The number of carbonyl (C=O) groups excluding carboxylic acids is 2. The van der Waals surface area contributed by atoms with Gasteiger partial charge in [0.15, 0.2) is 0 Å². The summed E-state index contributed by atoms with van der Waals surface area (Å²) in [6.07, 6.45) is 1.16. The summed E-state index contributed by atoms with van der Waals surface area (Å²) in [4.78, 5) is 27.2. The lowest BCUT2D eigenvalue weighted by Crippen LogP contribution is -2.29. The minimum absolute atomic E-state index is 0.0979. The molecule has 0 bridgehead atoms. The van der Waals surface area contributed by atoms with E-state index >= 15 is 0 Å². The van der Waals surface area contributed by atoms with Crippen LogP contribution in [0.2, 0.25) is 0 Å². The van der Waals surface area contributed by atoms with Gasteiger partial charge < -0.3 is 14.9 Å². The molecular weight excluding hydrogens is 520 g/mol. The number of amides is 2. The summed E-state index contributed by atoms with van der Waals surface area (Å²) < 4.78 is 50.7. The molecule has 2 fully saturated rings. The summed E-state index contributed by atoms with van der Waals surface area (Å²) in [6.45, 7) is 3.16. The normalized spacial score (nSPS) is 20.2. The summed E-state index contributed by atoms with van der Waals surface area (Å²) in [5.41, 5.74) is 1.35. The van der Waals surface area contributed by atoms with Gasteiger partial charge in [0, 0.05) is 36.8 Å². The van der Waals surface area contributed by atoms with Crippen molar-refractivity contribution in [2.75, 3.05) is 37.0 Å². The summed E-state index contributed by atoms with van der Waals surface area (Å²) in [7, 11) is -4.18. The van der Waals surface area contributed by atoms with Crippen LogP contribution in [0.25, 0.3) is 0 Å². The van der Waals surface area contributed by atoms with Crippen LogP contribution in [0.15, 0.2) is 58.3 Å². The van der Waals surface area contributed by atoms with E-state index in [1.165, 1.54) is 43.3 Å². The van der Waals surface area contributed by atoms with E-state index in [0.717, 1.165) is 18.5 Å². The molecule has 2 atom stereocenters. The van der Waals surface area contributed by atoms with E-state index in [4.69, 9.17) is 0 Å². The topological polar surface area (TPSA) is 153 Å². The number of rotatable bonds is 7. The first-order valence-corrected chi connectivity index (χ1v) is 14.8. The highest BCUT2D eigenvalue weighted by Gasteiger charge is 2.32. The molecule has 2 aromatic rings. The highest BCUT2D eigenvalue weighted by Crippen LogP contribution is 2.28. The van der Waals surface area contributed by atoms with Gasteiger partial charge in [-0.3, -0.25) is 9.59 Å². The molecule has 0 aliphatic carbocycles. The van der Waals surface area contributed by atoms with Crippen LogP contribution in [0.4, 0.5) is 11.4 Å². The average Bonchev–Trinajstić information content (AvgIpc) is 3.45. The minimum Gasteiger partial charge on any atom is -0.383 e. The van der Waals surface area contributed by atoms with E-state index in [1.807, 2.05) is 6.92 Å². The molecule has 2 aliphatic heterocycles. The largest absolute Gasteiger partial charge is 0.383 e. The van der Waals surface area contributed by atoms with Crippen molar-refractivity contribution in [3.8, 4) is 0 Å². The van der Waals surface area contributed by atoms with Crippen molar-refractivity contribution in [2.45, 2.75) is 42.1 Å². The second-order valence-corrected chi connectivity index (χ2v) is 12.4. The molecule has 2 amide bonds. The maximum Gasteiger partial charge on any atom is 0.255 e. The molecule has 0 spiro atoms. The van der Waals surface area contributed by atoms with Gasteiger partial charge >= 0.3 is 0 Å². The number of aliphatic hydroxyl groups is 1. The molecule has 0 saturated carbocycles. The third kappa shape index (κ3) is 6.36. The Labute approximate surface area is 217 Å². The van der Waals surface area contributed by atoms with Crippen LogP contribution in [0, 0.1) is 5.92 Å². The molecule has 2 unspecified atom stereocenters. The number of carbonyl (C=O) groups is 2. The Morgan fingerprint density at radius 1 is 0.757 bits per heavy atom. The molecule has 2 aliphatic rings. The van der Waals surface area contributed by atoms with Crippen LogP contribution in [-0.4, -0.2) is 67.0 Å². The zero-order valence-corrected chi connectivity index (χ0v) is 22.5. The molecule has 37 heavy (non-hydrogen) atoms. The van der Waals surface area contributed by atoms with Crippen LogP contribution in [0.5, 0.6) is 0 Å². The molecule has 0 aromatic heterocycles. The number of hydrogen-bond donors (Lipinski definition) is 3. The summed E-state index contributed by atoms with van der Waals surface area (Å²) in [5.74, 6) is -0.119. The minimum atomic E-state index is -3.47. The number of hydrogen-bond acceptors (Lipinski definition) is 7. The molecular formula is C24H32N4O7S2. The molecule has 2 aromatic carbocycles. The lowest BCUT2D eigenvalue weighted by molar-refractivity contribution is -0.124. The number of sulfonamides is 2. The third-order valence-corrected chi connectivity index (χ3v) is 9.30. The Morgan fingerprint density at radius 3 is 1.49 bits per heavy atom. The zero-order valence-electron chi connectivity index (χ0n) is 20.9. The van der Waals surface area contributed by atoms with Crippen LogP contribution >= 0.6 is 0 Å². The summed E-state index contributed by atoms with van der Waals surface area (Å²) >= 11 is 0. The van der Waals surface area contributed by atoms with E-state index in [0.29, 0.717) is 25.2 Å². The van der Waals surface area contributed by atoms with Gasteiger partial charge in [-0.1, -0.05) is 6.92 Å². The molecule has 11 nitrogen and oxygen atoms in total. The van der Waals surface area contributed by atoms with Crippen LogP contribution in [-0.2, 0) is 29.6 Å². The van der Waals surface area contributed by atoms with E-state index in [2.05, 4.69) is 9.44 Å². The van der Waals surface area contributed by atoms with E-state index in [1.54, 1.807) is 29.2 Å². The smallest absolute Gasteiger partial charge is 0.255 e. The SMILES string of the molecule is CCC1CCN(c2ccc(S(=O)(=O)NC)cc2)C1=O.CNS(=O)(=O)c1ccc(N2CCC(O)C2=O)cc1. The van der Waals surface area contributed by atoms with Crippen molar-refractivity contribution in [1.29, 1.82) is 0 Å². The fourth-order valence-corrected chi connectivity index (χ4v) is 5.60. The lowest BCUT2D eigenvalue weighted by Gasteiger charge is -2.17. The first-order chi connectivity index (χ1) is 17.4. The van der Waals surface area contributed by atoms with Gasteiger partial charge in [-0.05, 0) is 75.5 Å².